The first kappa shape index (κ1) is 15.2. The van der Waals surface area contributed by atoms with E-state index in [0.717, 1.165) is 45.1 Å². The maximum atomic E-state index is 5.78. The molecule has 1 saturated heterocycles. The first-order valence-corrected chi connectivity index (χ1v) is 7.86. The molecule has 4 nitrogen and oxygen atoms in total. The van der Waals surface area contributed by atoms with Gasteiger partial charge in [-0.2, -0.15) is 0 Å². The molecule has 0 amide bonds. The molecule has 3 N–H and O–H groups in total. The fraction of sp³-hybridized carbons (Fsp3) is 1.00. The molecule has 2 fully saturated rings. The van der Waals surface area contributed by atoms with E-state index in [2.05, 4.69) is 19.2 Å². The second-order valence-electron chi connectivity index (χ2n) is 6.38. The summed E-state index contributed by atoms with van der Waals surface area (Å²) in [5.41, 5.74) is 5.78. The minimum absolute atomic E-state index is 0.207. The smallest absolute Gasteiger partial charge is 0.168 e. The van der Waals surface area contributed by atoms with Gasteiger partial charge in [-0.05, 0) is 37.6 Å². The Morgan fingerprint density at radius 1 is 1.21 bits per heavy atom. The van der Waals surface area contributed by atoms with Crippen molar-refractivity contribution >= 4 is 0 Å². The molecule has 0 aromatic rings. The molecule has 1 unspecified atom stereocenters. The van der Waals surface area contributed by atoms with E-state index < -0.39 is 0 Å². The van der Waals surface area contributed by atoms with Crippen molar-refractivity contribution in [2.45, 2.75) is 57.8 Å². The Morgan fingerprint density at radius 3 is 2.37 bits per heavy atom. The van der Waals surface area contributed by atoms with E-state index in [1.165, 1.54) is 19.3 Å². The van der Waals surface area contributed by atoms with Crippen molar-refractivity contribution in [3.05, 3.63) is 0 Å². The minimum Gasteiger partial charge on any atom is -0.348 e. The molecule has 112 valence electrons. The standard InChI is InChI=1S/C15H30N2O2/c1-12(2)14(11-16)17-8-5-13-3-6-15(7-4-13)18-9-10-19-15/h12-14,17H,3-11,16H2,1-2H3. The van der Waals surface area contributed by atoms with Crippen LogP contribution in [0.25, 0.3) is 0 Å². The highest BCUT2D eigenvalue weighted by Gasteiger charge is 2.39. The summed E-state index contributed by atoms with van der Waals surface area (Å²) >= 11 is 0. The summed E-state index contributed by atoms with van der Waals surface area (Å²) < 4.78 is 11.5. The van der Waals surface area contributed by atoms with Gasteiger partial charge < -0.3 is 20.5 Å². The van der Waals surface area contributed by atoms with Crippen molar-refractivity contribution in [2.24, 2.45) is 17.6 Å². The largest absolute Gasteiger partial charge is 0.348 e. The van der Waals surface area contributed by atoms with E-state index in [0.29, 0.717) is 12.0 Å². The maximum absolute atomic E-state index is 5.78. The molecule has 0 aromatic carbocycles. The zero-order valence-electron chi connectivity index (χ0n) is 12.5. The van der Waals surface area contributed by atoms with Crippen LogP contribution in [0.4, 0.5) is 0 Å². The van der Waals surface area contributed by atoms with Crippen LogP contribution in [-0.4, -0.2) is 38.1 Å². The maximum Gasteiger partial charge on any atom is 0.168 e. The third kappa shape index (κ3) is 4.15. The van der Waals surface area contributed by atoms with E-state index >= 15 is 0 Å². The molecular formula is C15H30N2O2. The summed E-state index contributed by atoms with van der Waals surface area (Å²) in [5.74, 6) is 1.22. The minimum atomic E-state index is -0.207. The summed E-state index contributed by atoms with van der Waals surface area (Å²) in [6, 6.07) is 0.455. The predicted octanol–water partition coefficient (Wildman–Crippen LogP) is 1.88. The molecule has 4 heteroatoms. The number of hydrogen-bond acceptors (Lipinski definition) is 4. The molecule has 1 aliphatic heterocycles. The lowest BCUT2D eigenvalue weighted by molar-refractivity contribution is -0.182. The van der Waals surface area contributed by atoms with E-state index in [-0.39, 0.29) is 5.79 Å². The van der Waals surface area contributed by atoms with E-state index in [4.69, 9.17) is 15.2 Å². The lowest BCUT2D eigenvalue weighted by Crippen LogP contribution is -2.41. The summed E-state index contributed by atoms with van der Waals surface area (Å²) in [7, 11) is 0. The van der Waals surface area contributed by atoms with Crippen LogP contribution in [0.3, 0.4) is 0 Å². The van der Waals surface area contributed by atoms with Gasteiger partial charge in [-0.25, -0.2) is 0 Å². The average molecular weight is 270 g/mol. The Hall–Kier alpha value is -0.160. The molecule has 1 heterocycles. The van der Waals surface area contributed by atoms with Crippen molar-refractivity contribution in [1.82, 2.24) is 5.32 Å². The highest BCUT2D eigenvalue weighted by molar-refractivity contribution is 4.83. The van der Waals surface area contributed by atoms with Crippen LogP contribution < -0.4 is 11.1 Å². The number of nitrogens with two attached hydrogens (primary N) is 1. The molecular weight excluding hydrogens is 240 g/mol. The molecule has 1 spiro atoms. The van der Waals surface area contributed by atoms with Gasteiger partial charge in [0.1, 0.15) is 0 Å². The molecule has 2 rings (SSSR count). The Balaban J connectivity index is 1.63. The van der Waals surface area contributed by atoms with E-state index in [1.54, 1.807) is 0 Å². The van der Waals surface area contributed by atoms with Crippen LogP contribution in [0.2, 0.25) is 0 Å². The van der Waals surface area contributed by atoms with Gasteiger partial charge in [0.15, 0.2) is 5.79 Å². The number of hydrogen-bond donors (Lipinski definition) is 2. The Labute approximate surface area is 117 Å². The summed E-state index contributed by atoms with van der Waals surface area (Å²) in [4.78, 5) is 0. The van der Waals surface area contributed by atoms with Crippen LogP contribution in [0.5, 0.6) is 0 Å². The molecule has 1 atom stereocenters. The first-order valence-electron chi connectivity index (χ1n) is 7.86. The van der Waals surface area contributed by atoms with Crippen molar-refractivity contribution in [3.8, 4) is 0 Å². The van der Waals surface area contributed by atoms with Gasteiger partial charge in [-0.1, -0.05) is 13.8 Å². The first-order chi connectivity index (χ1) is 9.15. The lowest BCUT2D eigenvalue weighted by Gasteiger charge is -2.35. The fourth-order valence-electron chi connectivity index (χ4n) is 3.26. The third-order valence-electron chi connectivity index (χ3n) is 4.70. The predicted molar refractivity (Wildman–Crippen MR) is 76.9 cm³/mol. The van der Waals surface area contributed by atoms with Gasteiger partial charge in [-0.15, -0.1) is 0 Å². The Kier molecular flexibility index (Phi) is 5.63. The van der Waals surface area contributed by atoms with Gasteiger partial charge >= 0.3 is 0 Å². The number of rotatable bonds is 6. The van der Waals surface area contributed by atoms with E-state index in [9.17, 15) is 0 Å². The quantitative estimate of drug-likeness (QED) is 0.774. The lowest BCUT2D eigenvalue weighted by atomic mass is 9.83. The van der Waals surface area contributed by atoms with Crippen molar-refractivity contribution in [3.63, 3.8) is 0 Å². The van der Waals surface area contributed by atoms with Crippen molar-refractivity contribution in [1.29, 1.82) is 0 Å². The summed E-state index contributed by atoms with van der Waals surface area (Å²) in [6.07, 6.45) is 5.86. The van der Waals surface area contributed by atoms with Crippen LogP contribution >= 0.6 is 0 Å². The number of ether oxygens (including phenoxy) is 2. The zero-order valence-corrected chi connectivity index (χ0v) is 12.5. The van der Waals surface area contributed by atoms with E-state index in [1.807, 2.05) is 0 Å². The fourth-order valence-corrected chi connectivity index (χ4v) is 3.26. The van der Waals surface area contributed by atoms with Gasteiger partial charge in [0.05, 0.1) is 13.2 Å². The van der Waals surface area contributed by atoms with Gasteiger partial charge in [0.25, 0.3) is 0 Å². The molecule has 1 aliphatic carbocycles. The average Bonchev–Trinajstić information content (AvgIpc) is 2.85. The number of nitrogens with one attached hydrogen (secondary N) is 1. The SMILES string of the molecule is CC(C)C(CN)NCCC1CCC2(CC1)OCCO2. The molecule has 19 heavy (non-hydrogen) atoms. The second-order valence-corrected chi connectivity index (χ2v) is 6.38. The molecule has 2 aliphatic rings. The molecule has 0 bridgehead atoms. The monoisotopic (exact) mass is 270 g/mol. The highest BCUT2D eigenvalue weighted by atomic mass is 16.7. The molecule has 1 saturated carbocycles. The van der Waals surface area contributed by atoms with Gasteiger partial charge in [0.2, 0.25) is 0 Å². The molecule has 0 aromatic heterocycles. The van der Waals surface area contributed by atoms with Crippen LogP contribution in [0.15, 0.2) is 0 Å². The van der Waals surface area contributed by atoms with Crippen LogP contribution in [0.1, 0.15) is 46.0 Å². The summed E-state index contributed by atoms with van der Waals surface area (Å²) in [5, 5.41) is 3.59. The van der Waals surface area contributed by atoms with Crippen molar-refractivity contribution in [2.75, 3.05) is 26.3 Å². The molecule has 0 radical (unpaired) electrons. The summed E-state index contributed by atoms with van der Waals surface area (Å²) in [6.45, 7) is 7.82. The van der Waals surface area contributed by atoms with Gasteiger partial charge in [-0.3, -0.25) is 0 Å². The Morgan fingerprint density at radius 2 is 1.84 bits per heavy atom. The normalized spacial score (nSPS) is 25.3. The third-order valence-corrected chi connectivity index (χ3v) is 4.70. The highest BCUT2D eigenvalue weighted by Crippen LogP contribution is 2.39. The topological polar surface area (TPSA) is 56.5 Å². The second kappa shape index (κ2) is 7.02. The zero-order chi connectivity index (χ0) is 13.7. The van der Waals surface area contributed by atoms with Crippen LogP contribution in [-0.2, 0) is 9.47 Å². The van der Waals surface area contributed by atoms with Crippen molar-refractivity contribution < 1.29 is 9.47 Å². The van der Waals surface area contributed by atoms with Crippen LogP contribution in [0, 0.1) is 11.8 Å². The van der Waals surface area contributed by atoms with Gasteiger partial charge in [0, 0.05) is 25.4 Å². The Bertz CT molecular complexity index is 255.